The molecule has 0 N–H and O–H groups in total. The molecule has 2 bridgehead atoms. The first-order valence-corrected chi connectivity index (χ1v) is 8.66. The van der Waals surface area contributed by atoms with E-state index in [0.29, 0.717) is 35.6 Å². The van der Waals surface area contributed by atoms with Crippen LogP contribution in [0.15, 0.2) is 0 Å². The third-order valence-electron chi connectivity index (χ3n) is 7.45. The summed E-state index contributed by atoms with van der Waals surface area (Å²) in [5.74, 6) is 3.14. The monoisotopic (exact) mass is 276 g/mol. The molecule has 0 radical (unpaired) electrons. The molecule has 2 heterocycles. The van der Waals surface area contributed by atoms with E-state index in [9.17, 15) is 4.79 Å². The molecular weight excluding hydrogens is 248 g/mol. The Hall–Kier alpha value is -0.370. The lowest BCUT2D eigenvalue weighted by molar-refractivity contribution is -0.142. The van der Waals surface area contributed by atoms with E-state index in [1.165, 1.54) is 25.7 Å². The Morgan fingerprint density at radius 2 is 2.00 bits per heavy atom. The molecule has 6 atom stereocenters. The lowest BCUT2D eigenvalue weighted by Gasteiger charge is -2.48. The molecule has 1 spiro atoms. The molecular formula is C18H28O2. The molecule has 0 aromatic rings. The fourth-order valence-electron chi connectivity index (χ4n) is 6.60. The molecule has 2 heteroatoms. The first-order valence-electron chi connectivity index (χ1n) is 8.66. The molecule has 4 fully saturated rings. The summed E-state index contributed by atoms with van der Waals surface area (Å²) >= 11 is 0. The van der Waals surface area contributed by atoms with Gasteiger partial charge in [0.2, 0.25) is 0 Å². The summed E-state index contributed by atoms with van der Waals surface area (Å²) in [6.07, 6.45) is 8.32. The van der Waals surface area contributed by atoms with Crippen LogP contribution in [0.25, 0.3) is 0 Å². The third kappa shape index (κ3) is 1.47. The molecule has 2 nitrogen and oxygen atoms in total. The summed E-state index contributed by atoms with van der Waals surface area (Å²) in [6, 6.07) is 0. The molecule has 2 saturated carbocycles. The minimum Gasteiger partial charge on any atom is -0.371 e. The van der Waals surface area contributed by atoms with E-state index in [1.807, 2.05) is 0 Å². The maximum absolute atomic E-state index is 12.1. The summed E-state index contributed by atoms with van der Waals surface area (Å²) in [7, 11) is 0. The molecule has 20 heavy (non-hydrogen) atoms. The van der Waals surface area contributed by atoms with E-state index < -0.39 is 0 Å². The number of hydrogen-bond donors (Lipinski definition) is 0. The van der Waals surface area contributed by atoms with Gasteiger partial charge in [0.25, 0.3) is 0 Å². The molecule has 2 saturated heterocycles. The van der Waals surface area contributed by atoms with E-state index >= 15 is 0 Å². The molecule has 0 aromatic carbocycles. The van der Waals surface area contributed by atoms with E-state index in [1.54, 1.807) is 0 Å². The van der Waals surface area contributed by atoms with Crippen molar-refractivity contribution in [2.45, 2.75) is 77.4 Å². The number of ether oxygens (including phenoxy) is 1. The molecule has 4 aliphatic rings. The van der Waals surface area contributed by atoms with Crippen molar-refractivity contribution >= 4 is 5.78 Å². The van der Waals surface area contributed by atoms with Gasteiger partial charge in [-0.05, 0) is 55.8 Å². The Morgan fingerprint density at radius 1 is 1.20 bits per heavy atom. The number of rotatable bonds is 1. The van der Waals surface area contributed by atoms with Crippen LogP contribution in [0.5, 0.6) is 0 Å². The van der Waals surface area contributed by atoms with Crippen LogP contribution in [0.2, 0.25) is 0 Å². The minimum atomic E-state index is 0.0931. The summed E-state index contributed by atoms with van der Waals surface area (Å²) < 4.78 is 6.77. The molecule has 112 valence electrons. The Balaban J connectivity index is 1.80. The zero-order valence-electron chi connectivity index (χ0n) is 13.2. The van der Waals surface area contributed by atoms with Gasteiger partial charge in [-0.15, -0.1) is 0 Å². The van der Waals surface area contributed by atoms with E-state index in [2.05, 4.69) is 20.8 Å². The number of fused-ring (bicyclic) bond motifs is 3. The van der Waals surface area contributed by atoms with Crippen LogP contribution in [0.1, 0.15) is 65.7 Å². The quantitative estimate of drug-likeness (QED) is 0.724. The molecule has 2 aliphatic carbocycles. The van der Waals surface area contributed by atoms with Gasteiger partial charge in [0.15, 0.2) is 0 Å². The van der Waals surface area contributed by atoms with Crippen molar-refractivity contribution in [2.24, 2.45) is 29.1 Å². The van der Waals surface area contributed by atoms with Gasteiger partial charge >= 0.3 is 0 Å². The van der Waals surface area contributed by atoms with Gasteiger partial charge in [0.05, 0.1) is 11.7 Å². The van der Waals surface area contributed by atoms with Crippen LogP contribution >= 0.6 is 0 Å². The highest BCUT2D eigenvalue weighted by molar-refractivity contribution is 5.81. The molecule has 0 aromatic heterocycles. The smallest absolute Gasteiger partial charge is 0.133 e. The van der Waals surface area contributed by atoms with Crippen molar-refractivity contribution in [3.8, 4) is 0 Å². The standard InChI is InChI=1S/C18H28O2/c1-11(2)15-5-6-17(3)16-10-13(19)8-12(16)9-14-4-7-18(15,17)20-14/h11-12,14-16H,4-10H2,1-3H3/t12-,14-,15+,16-,17+,18-/m1/s1. The van der Waals surface area contributed by atoms with Gasteiger partial charge in [-0.2, -0.15) is 0 Å². The second-order valence-electron chi connectivity index (χ2n) is 8.52. The van der Waals surface area contributed by atoms with Crippen LogP contribution in [0.4, 0.5) is 0 Å². The SMILES string of the molecule is CC(C)[C@@H]1CC[C@@]2(C)[C@@H]3CC(=O)C[C@@H]3C[C@H]3CC[C@@]12O3. The summed E-state index contributed by atoms with van der Waals surface area (Å²) in [5.41, 5.74) is 0.347. The van der Waals surface area contributed by atoms with Gasteiger partial charge < -0.3 is 4.74 Å². The largest absolute Gasteiger partial charge is 0.371 e. The van der Waals surface area contributed by atoms with Crippen LogP contribution in [-0.4, -0.2) is 17.5 Å². The van der Waals surface area contributed by atoms with Crippen molar-refractivity contribution in [3.63, 3.8) is 0 Å². The zero-order valence-corrected chi connectivity index (χ0v) is 13.2. The van der Waals surface area contributed by atoms with Crippen molar-refractivity contribution < 1.29 is 9.53 Å². The normalized spacial score (nSPS) is 54.1. The number of carbonyl (C=O) groups excluding carboxylic acids is 1. The van der Waals surface area contributed by atoms with Gasteiger partial charge in [-0.3, -0.25) is 4.79 Å². The fraction of sp³-hybridized carbons (Fsp3) is 0.944. The average Bonchev–Trinajstić information content (AvgIpc) is 3.00. The maximum atomic E-state index is 12.1. The van der Waals surface area contributed by atoms with E-state index in [-0.39, 0.29) is 11.0 Å². The Kier molecular flexibility index (Phi) is 2.72. The molecule has 0 unspecified atom stereocenters. The highest BCUT2D eigenvalue weighted by atomic mass is 16.5. The predicted octanol–water partition coefficient (Wildman–Crippen LogP) is 3.98. The number of Topliss-reactive ketones (excluding diaryl/α,β-unsaturated/α-hetero) is 1. The Morgan fingerprint density at radius 3 is 2.75 bits per heavy atom. The van der Waals surface area contributed by atoms with Crippen LogP contribution in [0.3, 0.4) is 0 Å². The van der Waals surface area contributed by atoms with Crippen molar-refractivity contribution in [2.75, 3.05) is 0 Å². The first kappa shape index (κ1) is 13.3. The summed E-state index contributed by atoms with van der Waals surface area (Å²) in [6.45, 7) is 7.20. The molecule has 4 rings (SSSR count). The summed E-state index contributed by atoms with van der Waals surface area (Å²) in [5, 5.41) is 0. The predicted molar refractivity (Wildman–Crippen MR) is 78.3 cm³/mol. The van der Waals surface area contributed by atoms with Gasteiger partial charge in [-0.1, -0.05) is 20.8 Å². The fourth-order valence-corrected chi connectivity index (χ4v) is 6.60. The average molecular weight is 276 g/mol. The van der Waals surface area contributed by atoms with Crippen molar-refractivity contribution in [1.82, 2.24) is 0 Å². The highest BCUT2D eigenvalue weighted by Crippen LogP contribution is 2.68. The Labute approximate surface area is 122 Å². The second kappa shape index (κ2) is 4.09. The van der Waals surface area contributed by atoms with Crippen LogP contribution in [-0.2, 0) is 9.53 Å². The lowest BCUT2D eigenvalue weighted by atomic mass is 9.59. The van der Waals surface area contributed by atoms with Crippen molar-refractivity contribution in [3.05, 3.63) is 0 Å². The molecule has 2 aliphatic heterocycles. The van der Waals surface area contributed by atoms with Gasteiger partial charge in [-0.25, -0.2) is 0 Å². The maximum Gasteiger partial charge on any atom is 0.133 e. The van der Waals surface area contributed by atoms with Crippen LogP contribution < -0.4 is 0 Å². The third-order valence-corrected chi connectivity index (χ3v) is 7.45. The second-order valence-corrected chi connectivity index (χ2v) is 8.52. The van der Waals surface area contributed by atoms with E-state index in [4.69, 9.17) is 4.74 Å². The minimum absolute atomic E-state index is 0.0931. The molecule has 0 amide bonds. The van der Waals surface area contributed by atoms with E-state index in [0.717, 1.165) is 19.3 Å². The van der Waals surface area contributed by atoms with Gasteiger partial charge in [0, 0.05) is 18.3 Å². The highest BCUT2D eigenvalue weighted by Gasteiger charge is 2.68. The van der Waals surface area contributed by atoms with Gasteiger partial charge in [0.1, 0.15) is 5.78 Å². The Bertz CT molecular complexity index is 443. The van der Waals surface area contributed by atoms with Crippen LogP contribution in [0, 0.1) is 29.1 Å². The number of carbonyl (C=O) groups is 1. The number of hydrogen-bond acceptors (Lipinski definition) is 2. The van der Waals surface area contributed by atoms with Crippen molar-refractivity contribution in [1.29, 1.82) is 0 Å². The first-order chi connectivity index (χ1) is 9.46. The lowest BCUT2D eigenvalue weighted by Crippen LogP contribution is -2.51. The summed E-state index contributed by atoms with van der Waals surface area (Å²) in [4.78, 5) is 12.1. The number of ketones is 1. The topological polar surface area (TPSA) is 26.3 Å². The zero-order chi connectivity index (χ0) is 14.1.